The van der Waals surface area contributed by atoms with Gasteiger partial charge in [-0.2, -0.15) is 10.5 Å². The lowest BCUT2D eigenvalue weighted by molar-refractivity contribution is -0.118. The predicted molar refractivity (Wildman–Crippen MR) is 126 cm³/mol. The number of ether oxygens (including phenoxy) is 2. The molecule has 0 amide bonds. The summed E-state index contributed by atoms with van der Waals surface area (Å²) in [4.78, 5) is 15.0. The zero-order chi connectivity index (χ0) is 23.8. The van der Waals surface area contributed by atoms with Crippen LogP contribution in [0.25, 0.3) is 6.08 Å². The molecule has 6 heteroatoms. The Morgan fingerprint density at radius 1 is 1.15 bits per heavy atom. The molecule has 0 spiro atoms. The lowest BCUT2D eigenvalue weighted by Gasteiger charge is -2.35. The fourth-order valence-electron chi connectivity index (χ4n) is 5.10. The number of Topliss-reactive ketones (excluding diaryl/α,β-unsaturated/α-hetero) is 1. The molecule has 0 radical (unpaired) electrons. The number of benzene rings is 2. The molecular weight excluding hydrogens is 414 g/mol. The second-order valence-electron chi connectivity index (χ2n) is 8.70. The van der Waals surface area contributed by atoms with Gasteiger partial charge in [-0.1, -0.05) is 36.4 Å². The van der Waals surface area contributed by atoms with Crippen LogP contribution in [-0.4, -0.2) is 30.6 Å². The fourth-order valence-corrected chi connectivity index (χ4v) is 5.10. The SMILES string of the molecule is CCOc1cc([C@@H]2[C@@H](C(C)=O)N3c4ccccc4C=C[C@@H]3C2(C#N)C#N)ccc1OC(C)C. The van der Waals surface area contributed by atoms with Crippen molar-refractivity contribution in [3.05, 3.63) is 59.7 Å². The van der Waals surface area contributed by atoms with E-state index in [1.165, 1.54) is 6.92 Å². The molecule has 2 aliphatic rings. The van der Waals surface area contributed by atoms with E-state index in [2.05, 4.69) is 12.1 Å². The van der Waals surface area contributed by atoms with E-state index in [1.807, 2.05) is 74.2 Å². The first kappa shape index (κ1) is 22.4. The Bertz CT molecular complexity index is 1170. The third-order valence-electron chi connectivity index (χ3n) is 6.32. The van der Waals surface area contributed by atoms with Crippen molar-refractivity contribution in [1.29, 1.82) is 10.5 Å². The normalized spacial score (nSPS) is 22.2. The summed E-state index contributed by atoms with van der Waals surface area (Å²) in [6, 6.07) is 16.6. The number of nitriles is 2. The number of rotatable bonds is 6. The van der Waals surface area contributed by atoms with Crippen molar-refractivity contribution in [3.63, 3.8) is 0 Å². The Hall–Kier alpha value is -3.77. The van der Waals surface area contributed by atoms with Crippen LogP contribution in [0, 0.1) is 28.1 Å². The summed E-state index contributed by atoms with van der Waals surface area (Å²) in [6.45, 7) is 7.72. The Morgan fingerprint density at radius 2 is 1.88 bits per heavy atom. The average molecular weight is 442 g/mol. The number of para-hydroxylation sites is 1. The van der Waals surface area contributed by atoms with Crippen LogP contribution in [-0.2, 0) is 4.79 Å². The summed E-state index contributed by atoms with van der Waals surface area (Å²) >= 11 is 0. The van der Waals surface area contributed by atoms with Gasteiger partial charge in [-0.05, 0) is 57.0 Å². The number of carbonyl (C=O) groups excluding carboxylic acids is 1. The molecule has 2 aromatic carbocycles. The van der Waals surface area contributed by atoms with Crippen LogP contribution >= 0.6 is 0 Å². The molecule has 168 valence electrons. The van der Waals surface area contributed by atoms with E-state index in [-0.39, 0.29) is 11.9 Å². The van der Waals surface area contributed by atoms with Gasteiger partial charge < -0.3 is 14.4 Å². The van der Waals surface area contributed by atoms with Crippen molar-refractivity contribution in [1.82, 2.24) is 0 Å². The molecule has 0 saturated carbocycles. The van der Waals surface area contributed by atoms with Gasteiger partial charge in [0.25, 0.3) is 0 Å². The van der Waals surface area contributed by atoms with Crippen molar-refractivity contribution in [3.8, 4) is 23.6 Å². The van der Waals surface area contributed by atoms with Gasteiger partial charge in [-0.3, -0.25) is 4.79 Å². The highest BCUT2D eigenvalue weighted by molar-refractivity contribution is 5.91. The maximum Gasteiger partial charge on any atom is 0.176 e. The molecule has 0 N–H and O–H groups in total. The Kier molecular flexibility index (Phi) is 5.87. The van der Waals surface area contributed by atoms with Crippen LogP contribution in [0.2, 0.25) is 0 Å². The molecule has 33 heavy (non-hydrogen) atoms. The second-order valence-corrected chi connectivity index (χ2v) is 8.70. The lowest BCUT2D eigenvalue weighted by Crippen LogP contribution is -2.43. The Morgan fingerprint density at radius 3 is 2.52 bits per heavy atom. The van der Waals surface area contributed by atoms with Crippen molar-refractivity contribution in [2.24, 2.45) is 5.41 Å². The largest absolute Gasteiger partial charge is 0.490 e. The highest BCUT2D eigenvalue weighted by Gasteiger charge is 2.62. The van der Waals surface area contributed by atoms with Gasteiger partial charge in [-0.15, -0.1) is 0 Å². The molecule has 0 unspecified atom stereocenters. The fraction of sp³-hybridized carbons (Fsp3) is 0.370. The number of hydrogen-bond donors (Lipinski definition) is 0. The van der Waals surface area contributed by atoms with Gasteiger partial charge >= 0.3 is 0 Å². The molecule has 0 aromatic heterocycles. The summed E-state index contributed by atoms with van der Waals surface area (Å²) in [5.74, 6) is 0.369. The Balaban J connectivity index is 1.93. The lowest BCUT2D eigenvalue weighted by atomic mass is 9.69. The molecule has 3 atom stereocenters. The van der Waals surface area contributed by atoms with Crippen LogP contribution in [0.5, 0.6) is 11.5 Å². The first-order valence-electron chi connectivity index (χ1n) is 11.2. The van der Waals surface area contributed by atoms with Crippen molar-refractivity contribution < 1.29 is 14.3 Å². The molecule has 1 fully saturated rings. The summed E-state index contributed by atoms with van der Waals surface area (Å²) in [5.41, 5.74) is 1.07. The van der Waals surface area contributed by atoms with E-state index >= 15 is 0 Å². The number of anilines is 1. The van der Waals surface area contributed by atoms with Gasteiger partial charge in [0.1, 0.15) is 0 Å². The van der Waals surface area contributed by atoms with E-state index in [0.717, 1.165) is 11.3 Å². The Labute approximate surface area is 194 Å². The van der Waals surface area contributed by atoms with Gasteiger partial charge in [-0.25, -0.2) is 0 Å². The van der Waals surface area contributed by atoms with Gasteiger partial charge in [0.05, 0.1) is 36.9 Å². The van der Waals surface area contributed by atoms with Gasteiger partial charge in [0.2, 0.25) is 0 Å². The van der Waals surface area contributed by atoms with E-state index in [0.29, 0.717) is 23.7 Å². The minimum absolute atomic E-state index is 0.0422. The first-order chi connectivity index (χ1) is 15.9. The standard InChI is InChI=1S/C27H27N3O3/c1-5-32-23-14-20(10-12-22(23)33-17(2)3)25-26(18(4)31)30-21-9-7-6-8-19(21)11-13-24(30)27(25,15-28)16-29/h6-14,17,24-26H,5H2,1-4H3/t24-,25-,26-/m1/s1. The minimum atomic E-state index is -1.45. The maximum absolute atomic E-state index is 13.1. The second kappa shape index (κ2) is 8.64. The van der Waals surface area contributed by atoms with Crippen LogP contribution < -0.4 is 14.4 Å². The summed E-state index contributed by atoms with van der Waals surface area (Å²) in [5, 5.41) is 20.8. The number of carbonyl (C=O) groups is 1. The number of fused-ring (bicyclic) bond motifs is 3. The topological polar surface area (TPSA) is 86.4 Å². The summed E-state index contributed by atoms with van der Waals surface area (Å²) in [7, 11) is 0. The van der Waals surface area contributed by atoms with E-state index < -0.39 is 23.4 Å². The quantitative estimate of drug-likeness (QED) is 0.636. The van der Waals surface area contributed by atoms with Crippen LogP contribution in [0.4, 0.5) is 5.69 Å². The average Bonchev–Trinajstić information content (AvgIpc) is 3.11. The zero-order valence-electron chi connectivity index (χ0n) is 19.3. The maximum atomic E-state index is 13.1. The number of nitrogens with zero attached hydrogens (tertiary/aromatic N) is 3. The van der Waals surface area contributed by atoms with Crippen LogP contribution in [0.3, 0.4) is 0 Å². The first-order valence-corrected chi connectivity index (χ1v) is 11.2. The van der Waals surface area contributed by atoms with Crippen LogP contribution in [0.1, 0.15) is 44.7 Å². The van der Waals surface area contributed by atoms with Gasteiger partial charge in [0, 0.05) is 11.6 Å². The highest BCUT2D eigenvalue weighted by atomic mass is 16.5. The molecule has 1 saturated heterocycles. The number of ketones is 1. The molecule has 2 aliphatic heterocycles. The molecule has 0 aliphatic carbocycles. The van der Waals surface area contributed by atoms with E-state index in [4.69, 9.17) is 9.47 Å². The zero-order valence-corrected chi connectivity index (χ0v) is 19.3. The van der Waals surface area contributed by atoms with E-state index in [9.17, 15) is 15.3 Å². The molecular formula is C27H27N3O3. The monoisotopic (exact) mass is 441 g/mol. The molecule has 0 bridgehead atoms. The molecule has 4 rings (SSSR count). The van der Waals surface area contributed by atoms with Crippen molar-refractivity contribution in [2.45, 2.75) is 51.8 Å². The third-order valence-corrected chi connectivity index (χ3v) is 6.32. The predicted octanol–water partition coefficient (Wildman–Crippen LogP) is 4.86. The van der Waals surface area contributed by atoms with Crippen molar-refractivity contribution >= 4 is 17.5 Å². The smallest absolute Gasteiger partial charge is 0.176 e. The molecule has 2 heterocycles. The number of hydrogen-bond acceptors (Lipinski definition) is 6. The minimum Gasteiger partial charge on any atom is -0.490 e. The molecule has 2 aromatic rings. The highest BCUT2D eigenvalue weighted by Crippen LogP contribution is 2.55. The van der Waals surface area contributed by atoms with E-state index in [1.54, 1.807) is 6.07 Å². The van der Waals surface area contributed by atoms with Crippen molar-refractivity contribution in [2.75, 3.05) is 11.5 Å². The summed E-state index contributed by atoms with van der Waals surface area (Å²) in [6.07, 6.45) is 3.77. The molecule has 6 nitrogen and oxygen atoms in total. The summed E-state index contributed by atoms with van der Waals surface area (Å²) < 4.78 is 11.7. The third kappa shape index (κ3) is 3.52. The van der Waals surface area contributed by atoms with Crippen LogP contribution in [0.15, 0.2) is 48.5 Å². The van der Waals surface area contributed by atoms with Gasteiger partial charge in [0.15, 0.2) is 22.7 Å².